The van der Waals surface area contributed by atoms with Crippen LogP contribution < -0.4 is 4.90 Å². The molecule has 3 fully saturated rings. The van der Waals surface area contributed by atoms with Gasteiger partial charge in [0, 0.05) is 44.8 Å². The number of carbonyl (C=O) groups is 2. The van der Waals surface area contributed by atoms with Gasteiger partial charge in [-0.05, 0) is 61.6 Å². The second-order valence-corrected chi connectivity index (χ2v) is 10.7. The first kappa shape index (κ1) is 25.3. The van der Waals surface area contributed by atoms with Crippen LogP contribution in [0.2, 0.25) is 0 Å². The predicted molar refractivity (Wildman–Crippen MR) is 125 cm³/mol. The molecule has 0 radical (unpaired) electrons. The number of hydrogen-bond acceptors (Lipinski definition) is 4. The Morgan fingerprint density at radius 3 is 2.37 bits per heavy atom. The summed E-state index contributed by atoms with van der Waals surface area (Å²) in [6.07, 6.45) is -0.207. The molecule has 1 atom stereocenters. The smallest absolute Gasteiger partial charge is 0.371 e. The molecule has 6 nitrogen and oxygen atoms in total. The molecule has 190 valence electrons. The van der Waals surface area contributed by atoms with Crippen molar-refractivity contribution in [1.82, 2.24) is 9.80 Å². The van der Waals surface area contributed by atoms with Gasteiger partial charge in [-0.1, -0.05) is 13.8 Å². The molecule has 1 aromatic rings. The highest BCUT2D eigenvalue weighted by Crippen LogP contribution is 2.45. The number of halogens is 3. The fraction of sp³-hybridized carbons (Fsp3) is 0.654. The van der Waals surface area contributed by atoms with E-state index in [4.69, 9.17) is 5.26 Å². The molecule has 3 saturated heterocycles. The molecule has 0 N–H and O–H groups in total. The molecule has 3 aliphatic rings. The van der Waals surface area contributed by atoms with Crippen molar-refractivity contribution >= 4 is 17.5 Å². The molecular weight excluding hydrogens is 457 g/mol. The van der Waals surface area contributed by atoms with Gasteiger partial charge in [-0.3, -0.25) is 9.59 Å². The van der Waals surface area contributed by atoms with Crippen LogP contribution in [0.5, 0.6) is 0 Å². The molecule has 1 spiro atoms. The molecule has 1 aromatic carbocycles. The Kier molecular flexibility index (Phi) is 7.03. The van der Waals surface area contributed by atoms with E-state index in [0.29, 0.717) is 51.0 Å². The van der Waals surface area contributed by atoms with Crippen molar-refractivity contribution in [3.63, 3.8) is 0 Å². The third-order valence-electron chi connectivity index (χ3n) is 7.73. The van der Waals surface area contributed by atoms with E-state index < -0.39 is 17.8 Å². The van der Waals surface area contributed by atoms with E-state index in [9.17, 15) is 22.8 Å². The molecule has 2 amide bonds. The zero-order chi connectivity index (χ0) is 25.4. The maximum atomic E-state index is 13.4. The number of likely N-dealkylation sites (tertiary alicyclic amines) is 2. The van der Waals surface area contributed by atoms with Crippen molar-refractivity contribution in [3.8, 4) is 6.07 Å². The SMILES string of the molecule is CC(C)CC(=O)N1CC2(CCN(c3ccc(C#N)c(C(F)(F)F)c3)CC2)CC1C(=O)N1CCCC1. The molecule has 35 heavy (non-hydrogen) atoms. The number of benzene rings is 1. The predicted octanol–water partition coefficient (Wildman–Crippen LogP) is 4.43. The molecule has 3 heterocycles. The second-order valence-electron chi connectivity index (χ2n) is 10.7. The number of alkyl halides is 3. The van der Waals surface area contributed by atoms with Crippen molar-refractivity contribution in [2.45, 2.75) is 64.6 Å². The van der Waals surface area contributed by atoms with E-state index in [-0.39, 0.29) is 28.7 Å². The average Bonchev–Trinajstić information content (AvgIpc) is 3.47. The summed E-state index contributed by atoms with van der Waals surface area (Å²) in [5.74, 6) is 0.252. The number of nitrogens with zero attached hydrogens (tertiary/aromatic N) is 4. The fourth-order valence-corrected chi connectivity index (χ4v) is 5.82. The summed E-state index contributed by atoms with van der Waals surface area (Å²) in [7, 11) is 0. The second kappa shape index (κ2) is 9.71. The Bertz CT molecular complexity index is 1000. The highest BCUT2D eigenvalue weighted by Gasteiger charge is 2.50. The number of carbonyl (C=O) groups excluding carboxylic acids is 2. The van der Waals surface area contributed by atoms with Crippen LogP contribution in [0.3, 0.4) is 0 Å². The van der Waals surface area contributed by atoms with Crippen LogP contribution in [-0.4, -0.2) is 60.4 Å². The van der Waals surface area contributed by atoms with Gasteiger partial charge in [0.05, 0.1) is 17.2 Å². The van der Waals surface area contributed by atoms with Gasteiger partial charge >= 0.3 is 6.18 Å². The van der Waals surface area contributed by atoms with E-state index in [1.54, 1.807) is 17.0 Å². The lowest BCUT2D eigenvalue weighted by Gasteiger charge is -2.40. The summed E-state index contributed by atoms with van der Waals surface area (Å²) in [6.45, 7) is 7.07. The number of rotatable bonds is 4. The van der Waals surface area contributed by atoms with Gasteiger partial charge in [0.15, 0.2) is 0 Å². The van der Waals surface area contributed by atoms with Crippen molar-refractivity contribution < 1.29 is 22.8 Å². The van der Waals surface area contributed by atoms with Crippen molar-refractivity contribution in [1.29, 1.82) is 5.26 Å². The Labute approximate surface area is 204 Å². The van der Waals surface area contributed by atoms with Gasteiger partial charge in [-0.15, -0.1) is 0 Å². The number of hydrogen-bond donors (Lipinski definition) is 0. The number of piperidine rings is 1. The zero-order valence-electron chi connectivity index (χ0n) is 20.4. The van der Waals surface area contributed by atoms with Gasteiger partial charge in [0.25, 0.3) is 0 Å². The minimum atomic E-state index is -4.59. The molecule has 0 bridgehead atoms. The highest BCUT2D eigenvalue weighted by molar-refractivity contribution is 5.88. The summed E-state index contributed by atoms with van der Waals surface area (Å²) in [5, 5.41) is 9.07. The van der Waals surface area contributed by atoms with Gasteiger partial charge in [0.1, 0.15) is 6.04 Å². The number of amides is 2. The monoisotopic (exact) mass is 490 g/mol. The van der Waals surface area contributed by atoms with Gasteiger partial charge in [-0.2, -0.15) is 18.4 Å². The van der Waals surface area contributed by atoms with Crippen molar-refractivity contribution in [3.05, 3.63) is 29.3 Å². The fourth-order valence-electron chi connectivity index (χ4n) is 5.82. The molecule has 3 aliphatic heterocycles. The quantitative estimate of drug-likeness (QED) is 0.626. The molecule has 0 aliphatic carbocycles. The van der Waals surface area contributed by atoms with E-state index in [1.165, 1.54) is 6.07 Å². The summed E-state index contributed by atoms with van der Waals surface area (Å²) in [4.78, 5) is 32.0. The minimum absolute atomic E-state index is 0.0127. The third-order valence-corrected chi connectivity index (χ3v) is 7.73. The first-order valence-corrected chi connectivity index (χ1v) is 12.5. The number of nitriles is 1. The molecule has 0 saturated carbocycles. The third kappa shape index (κ3) is 5.26. The standard InChI is InChI=1S/C26H33F3N4O2/c1-18(2)13-23(34)33-17-25(15-22(33)24(35)32-9-3-4-10-32)7-11-31(12-8-25)20-6-5-19(16-30)21(14-20)26(27,28)29/h5-6,14,18,22H,3-4,7-13,15,17H2,1-2H3. The molecule has 9 heteroatoms. The van der Waals surface area contributed by atoms with Crippen molar-refractivity contribution in [2.24, 2.45) is 11.3 Å². The van der Waals surface area contributed by atoms with Crippen LogP contribution in [-0.2, 0) is 15.8 Å². The summed E-state index contributed by atoms with van der Waals surface area (Å²) < 4.78 is 40.3. The Morgan fingerprint density at radius 2 is 1.80 bits per heavy atom. The van der Waals surface area contributed by atoms with Crippen LogP contribution in [0, 0.1) is 22.7 Å². The Morgan fingerprint density at radius 1 is 1.14 bits per heavy atom. The first-order chi connectivity index (χ1) is 16.5. The highest BCUT2D eigenvalue weighted by atomic mass is 19.4. The maximum absolute atomic E-state index is 13.4. The molecular formula is C26H33F3N4O2. The first-order valence-electron chi connectivity index (χ1n) is 12.5. The van der Waals surface area contributed by atoms with Crippen LogP contribution >= 0.6 is 0 Å². The topological polar surface area (TPSA) is 67.6 Å². The van der Waals surface area contributed by atoms with E-state index in [1.807, 2.05) is 23.6 Å². The summed E-state index contributed by atoms with van der Waals surface area (Å²) in [5.41, 5.74) is -1.06. The Balaban J connectivity index is 1.51. The maximum Gasteiger partial charge on any atom is 0.417 e. The normalized spacial score (nSPS) is 22.2. The van der Waals surface area contributed by atoms with Crippen LogP contribution in [0.4, 0.5) is 18.9 Å². The van der Waals surface area contributed by atoms with Crippen LogP contribution in [0.25, 0.3) is 0 Å². The van der Waals surface area contributed by atoms with E-state index in [0.717, 1.165) is 32.0 Å². The van der Waals surface area contributed by atoms with Crippen molar-refractivity contribution in [2.75, 3.05) is 37.6 Å². The summed E-state index contributed by atoms with van der Waals surface area (Å²) >= 11 is 0. The van der Waals surface area contributed by atoms with Gasteiger partial charge in [0.2, 0.25) is 11.8 Å². The van der Waals surface area contributed by atoms with E-state index >= 15 is 0 Å². The van der Waals surface area contributed by atoms with Gasteiger partial charge in [-0.25, -0.2) is 0 Å². The Hall–Kier alpha value is -2.76. The molecule has 0 aromatic heterocycles. The van der Waals surface area contributed by atoms with E-state index in [2.05, 4.69) is 0 Å². The lowest BCUT2D eigenvalue weighted by atomic mass is 9.76. The van der Waals surface area contributed by atoms with Crippen LogP contribution in [0.15, 0.2) is 18.2 Å². The number of anilines is 1. The average molecular weight is 491 g/mol. The largest absolute Gasteiger partial charge is 0.417 e. The summed E-state index contributed by atoms with van der Waals surface area (Å²) in [6, 6.07) is 5.04. The lowest BCUT2D eigenvalue weighted by molar-refractivity contribution is -0.143. The zero-order valence-corrected chi connectivity index (χ0v) is 20.4. The molecule has 1 unspecified atom stereocenters. The van der Waals surface area contributed by atoms with Gasteiger partial charge < -0.3 is 14.7 Å². The van der Waals surface area contributed by atoms with Crippen LogP contribution in [0.1, 0.15) is 63.5 Å². The minimum Gasteiger partial charge on any atom is -0.371 e. The lowest BCUT2D eigenvalue weighted by Crippen LogP contribution is -2.47. The molecule has 4 rings (SSSR count).